The number of pyridine rings is 2. The van der Waals surface area contributed by atoms with Crippen molar-refractivity contribution in [1.82, 2.24) is 24.9 Å². The first kappa shape index (κ1) is 29.1. The molecule has 232 valence electrons. The van der Waals surface area contributed by atoms with Crippen LogP contribution in [0.5, 0.6) is 46.3 Å². The number of rotatable bonds is 9. The van der Waals surface area contributed by atoms with E-state index < -0.39 is 7.14 Å². The zero-order chi connectivity index (χ0) is 32.3. The number of benzene rings is 4. The SMILES string of the molecule is O=P1(c2ncncn2)c2cc(Oc3cccc(Oc4ccccn4)c3)ccc2-c2ccc(Oc3cccc(Oc4ccccn4)c3)cc21. The van der Waals surface area contributed by atoms with E-state index in [4.69, 9.17) is 18.9 Å². The van der Waals surface area contributed by atoms with Crippen molar-refractivity contribution in [2.75, 3.05) is 0 Å². The van der Waals surface area contributed by atoms with Crippen molar-refractivity contribution in [2.24, 2.45) is 0 Å². The molecule has 0 spiro atoms. The Hall–Kier alpha value is -6.38. The smallest absolute Gasteiger partial charge is 0.219 e. The third-order valence-electron chi connectivity index (χ3n) is 7.47. The Bertz CT molecular complexity index is 2150. The lowest BCUT2D eigenvalue weighted by molar-refractivity contribution is 0.448. The molecule has 0 fully saturated rings. The number of aromatic nitrogens is 5. The standard InChI is InChI=1S/C37H24N5O5P/c43-48(37-41-23-38-24-42-37)33-21-29(44-25-7-5-9-27(19-25)46-35-11-1-3-17-39-35)13-15-31(33)32-16-14-30(22-34(32)48)45-26-8-6-10-28(20-26)47-36-12-2-4-18-40-36/h1-24H. The average molecular weight is 650 g/mol. The fourth-order valence-corrected chi connectivity index (χ4v) is 8.20. The topological polar surface area (TPSA) is 118 Å². The summed E-state index contributed by atoms with van der Waals surface area (Å²) in [6.07, 6.45) is 6.02. The average Bonchev–Trinajstić information content (AvgIpc) is 3.37. The van der Waals surface area contributed by atoms with Crippen molar-refractivity contribution >= 4 is 23.3 Å². The molecule has 1 aliphatic heterocycles. The summed E-state index contributed by atoms with van der Waals surface area (Å²) in [4.78, 5) is 21.1. The van der Waals surface area contributed by atoms with Crippen LogP contribution in [-0.2, 0) is 4.57 Å². The summed E-state index contributed by atoms with van der Waals surface area (Å²) in [6.45, 7) is 0. The predicted molar refractivity (Wildman–Crippen MR) is 180 cm³/mol. The summed E-state index contributed by atoms with van der Waals surface area (Å²) in [6, 6.07) is 36.4. The first-order valence-corrected chi connectivity index (χ1v) is 16.6. The Labute approximate surface area is 275 Å². The second kappa shape index (κ2) is 12.4. The van der Waals surface area contributed by atoms with E-state index in [2.05, 4.69) is 24.9 Å². The van der Waals surface area contributed by atoms with Crippen LogP contribution in [-0.4, -0.2) is 24.9 Å². The fraction of sp³-hybridized carbons (Fsp3) is 0. The minimum Gasteiger partial charge on any atom is -0.457 e. The van der Waals surface area contributed by atoms with Crippen LogP contribution in [0.25, 0.3) is 11.1 Å². The highest BCUT2D eigenvalue weighted by molar-refractivity contribution is 7.86. The van der Waals surface area contributed by atoms with E-state index in [0.717, 1.165) is 11.1 Å². The van der Waals surface area contributed by atoms with Crippen molar-refractivity contribution in [1.29, 1.82) is 0 Å². The van der Waals surface area contributed by atoms with E-state index >= 15 is 4.57 Å². The van der Waals surface area contributed by atoms with Crippen molar-refractivity contribution in [2.45, 2.75) is 0 Å². The maximum absolute atomic E-state index is 15.3. The monoisotopic (exact) mass is 649 g/mol. The van der Waals surface area contributed by atoms with Crippen LogP contribution in [0.3, 0.4) is 0 Å². The maximum Gasteiger partial charge on any atom is 0.219 e. The van der Waals surface area contributed by atoms with Crippen molar-refractivity contribution in [3.8, 4) is 57.4 Å². The molecule has 0 aliphatic carbocycles. The largest absolute Gasteiger partial charge is 0.457 e. The van der Waals surface area contributed by atoms with Gasteiger partial charge in [0.25, 0.3) is 0 Å². The van der Waals surface area contributed by atoms with Crippen LogP contribution in [0.4, 0.5) is 0 Å². The van der Waals surface area contributed by atoms with Gasteiger partial charge in [-0.25, -0.2) is 24.9 Å². The number of hydrogen-bond donors (Lipinski definition) is 0. The Kier molecular flexibility index (Phi) is 7.52. The molecule has 7 aromatic rings. The zero-order valence-electron chi connectivity index (χ0n) is 25.1. The van der Waals surface area contributed by atoms with Gasteiger partial charge in [0.15, 0.2) is 0 Å². The van der Waals surface area contributed by atoms with E-state index in [-0.39, 0.29) is 5.57 Å². The van der Waals surface area contributed by atoms with Gasteiger partial charge in [-0.15, -0.1) is 0 Å². The molecule has 0 bridgehead atoms. The van der Waals surface area contributed by atoms with Crippen LogP contribution in [0.1, 0.15) is 0 Å². The van der Waals surface area contributed by atoms with Crippen molar-refractivity contribution < 1.29 is 23.5 Å². The van der Waals surface area contributed by atoms with Gasteiger partial charge >= 0.3 is 0 Å². The first-order valence-electron chi connectivity index (χ1n) is 14.9. The molecule has 3 aromatic heterocycles. The van der Waals surface area contributed by atoms with Gasteiger partial charge in [0, 0.05) is 47.3 Å². The van der Waals surface area contributed by atoms with E-state index in [1.807, 2.05) is 84.9 Å². The minimum atomic E-state index is -3.56. The summed E-state index contributed by atoms with van der Waals surface area (Å²) in [5.74, 6) is 4.14. The third kappa shape index (κ3) is 5.72. The molecule has 4 heterocycles. The molecule has 8 rings (SSSR count). The summed E-state index contributed by atoms with van der Waals surface area (Å²) >= 11 is 0. The molecule has 0 unspecified atom stereocenters. The number of ether oxygens (including phenoxy) is 4. The first-order chi connectivity index (χ1) is 23.6. The minimum absolute atomic E-state index is 0.170. The molecule has 0 amide bonds. The molecule has 0 saturated heterocycles. The van der Waals surface area contributed by atoms with Crippen LogP contribution >= 0.6 is 7.14 Å². The highest BCUT2D eigenvalue weighted by atomic mass is 31.2. The Morgan fingerprint density at radius 3 is 1.35 bits per heavy atom. The number of fused-ring (bicyclic) bond motifs is 3. The fourth-order valence-electron chi connectivity index (χ4n) is 5.40. The Morgan fingerprint density at radius 1 is 0.438 bits per heavy atom. The Morgan fingerprint density at radius 2 is 0.896 bits per heavy atom. The summed E-state index contributed by atoms with van der Waals surface area (Å²) in [5.41, 5.74) is 1.76. The van der Waals surface area contributed by atoms with Crippen LogP contribution < -0.4 is 35.1 Å². The molecule has 11 heteroatoms. The van der Waals surface area contributed by atoms with Crippen LogP contribution in [0.2, 0.25) is 0 Å². The second-order valence-corrected chi connectivity index (χ2v) is 13.2. The molecular formula is C37H24N5O5P. The third-order valence-corrected chi connectivity index (χ3v) is 10.4. The van der Waals surface area contributed by atoms with Crippen LogP contribution in [0, 0.1) is 0 Å². The maximum atomic E-state index is 15.3. The molecule has 1 aliphatic rings. The predicted octanol–water partition coefficient (Wildman–Crippen LogP) is 7.45. The van der Waals surface area contributed by atoms with Gasteiger partial charge in [-0.3, -0.25) is 0 Å². The van der Waals surface area contributed by atoms with E-state index in [1.165, 1.54) is 12.7 Å². The molecule has 0 atom stereocenters. The molecular weight excluding hydrogens is 625 g/mol. The van der Waals surface area contributed by atoms with E-state index in [9.17, 15) is 0 Å². The lowest BCUT2D eigenvalue weighted by atomic mass is 10.1. The molecule has 0 radical (unpaired) electrons. The summed E-state index contributed by atoms with van der Waals surface area (Å²) < 4.78 is 39.5. The second-order valence-electron chi connectivity index (χ2n) is 10.6. The highest BCUT2D eigenvalue weighted by Gasteiger charge is 2.43. The summed E-state index contributed by atoms with van der Waals surface area (Å²) in [7, 11) is -3.56. The lowest BCUT2D eigenvalue weighted by Gasteiger charge is -2.15. The number of nitrogens with zero attached hydrogens (tertiary/aromatic N) is 5. The van der Waals surface area contributed by atoms with Gasteiger partial charge in [-0.2, -0.15) is 0 Å². The van der Waals surface area contributed by atoms with Gasteiger partial charge in [0.05, 0.1) is 0 Å². The lowest BCUT2D eigenvalue weighted by Crippen LogP contribution is -2.26. The number of hydrogen-bond acceptors (Lipinski definition) is 10. The van der Waals surface area contributed by atoms with Gasteiger partial charge < -0.3 is 23.5 Å². The van der Waals surface area contributed by atoms with Gasteiger partial charge in [-0.05, 0) is 83.9 Å². The molecule has 4 aromatic carbocycles. The van der Waals surface area contributed by atoms with E-state index in [0.29, 0.717) is 56.9 Å². The van der Waals surface area contributed by atoms with E-state index in [1.54, 1.807) is 48.8 Å². The molecule has 10 nitrogen and oxygen atoms in total. The molecule has 0 saturated carbocycles. The quantitative estimate of drug-likeness (QED) is 0.146. The zero-order valence-corrected chi connectivity index (χ0v) is 26.0. The van der Waals surface area contributed by atoms with Gasteiger partial charge in [-0.1, -0.05) is 24.3 Å². The van der Waals surface area contributed by atoms with Crippen molar-refractivity contribution in [3.63, 3.8) is 0 Å². The van der Waals surface area contributed by atoms with Gasteiger partial charge in [0.2, 0.25) is 24.5 Å². The normalized spacial score (nSPS) is 12.4. The van der Waals surface area contributed by atoms with Gasteiger partial charge in [0.1, 0.15) is 47.2 Å². The highest BCUT2D eigenvalue weighted by Crippen LogP contribution is 2.53. The molecule has 48 heavy (non-hydrogen) atoms. The van der Waals surface area contributed by atoms with Crippen LogP contribution in [0.15, 0.2) is 146 Å². The summed E-state index contributed by atoms with van der Waals surface area (Å²) in [5, 5.41) is 1.12. The van der Waals surface area contributed by atoms with Crippen molar-refractivity contribution in [3.05, 3.63) is 146 Å². The molecule has 0 N–H and O–H groups in total. The Balaban J connectivity index is 1.11.